The van der Waals surface area contributed by atoms with Crippen molar-refractivity contribution in [1.82, 2.24) is 4.98 Å². The second kappa shape index (κ2) is 9.23. The van der Waals surface area contributed by atoms with E-state index in [1.54, 1.807) is 24.3 Å². The van der Waals surface area contributed by atoms with E-state index in [1.165, 1.54) is 31.2 Å². The summed E-state index contributed by atoms with van der Waals surface area (Å²) >= 11 is 0. The fourth-order valence-electron chi connectivity index (χ4n) is 4.58. The first-order valence-corrected chi connectivity index (χ1v) is 11.6. The average Bonchev–Trinajstić information content (AvgIpc) is 3.23. The van der Waals surface area contributed by atoms with Crippen LogP contribution >= 0.6 is 0 Å². The average molecular weight is 495 g/mol. The molecule has 3 amide bonds. The van der Waals surface area contributed by atoms with Crippen LogP contribution < -0.4 is 16.4 Å². The SMILES string of the molecule is CC(=O)Nc1ccc2c(c1)[nH]c1c(C(N)=O)ccc(-c3cccc(NC(=O)c4ccc(F)cc4)c3C)c12. The Morgan fingerprint density at radius 1 is 0.892 bits per heavy atom. The van der Waals surface area contributed by atoms with E-state index < -0.39 is 11.7 Å². The summed E-state index contributed by atoms with van der Waals surface area (Å²) in [6, 6.07) is 19.9. The maximum atomic E-state index is 13.3. The van der Waals surface area contributed by atoms with Crippen molar-refractivity contribution < 1.29 is 18.8 Å². The molecule has 5 rings (SSSR count). The number of benzene rings is 4. The van der Waals surface area contributed by atoms with Gasteiger partial charge in [-0.2, -0.15) is 0 Å². The van der Waals surface area contributed by atoms with Crippen molar-refractivity contribution in [3.8, 4) is 11.1 Å². The van der Waals surface area contributed by atoms with Gasteiger partial charge < -0.3 is 21.4 Å². The molecule has 0 aliphatic carbocycles. The van der Waals surface area contributed by atoms with E-state index in [0.717, 1.165) is 33.0 Å². The number of anilines is 2. The number of fused-ring (bicyclic) bond motifs is 3. The van der Waals surface area contributed by atoms with Crippen molar-refractivity contribution in [2.45, 2.75) is 13.8 Å². The lowest BCUT2D eigenvalue weighted by Gasteiger charge is -2.15. The zero-order valence-corrected chi connectivity index (χ0v) is 20.1. The Hall–Kier alpha value is -4.98. The minimum Gasteiger partial charge on any atom is -0.366 e. The monoisotopic (exact) mass is 494 g/mol. The van der Waals surface area contributed by atoms with Crippen molar-refractivity contribution in [2.24, 2.45) is 5.73 Å². The third-order valence-corrected chi connectivity index (χ3v) is 6.32. The molecule has 1 aromatic heterocycles. The fraction of sp³-hybridized carbons (Fsp3) is 0.0690. The smallest absolute Gasteiger partial charge is 0.255 e. The number of nitrogens with two attached hydrogens (primary N) is 1. The van der Waals surface area contributed by atoms with Gasteiger partial charge >= 0.3 is 0 Å². The normalized spacial score (nSPS) is 11.0. The Morgan fingerprint density at radius 2 is 1.65 bits per heavy atom. The molecule has 1 heterocycles. The van der Waals surface area contributed by atoms with Gasteiger partial charge in [0, 0.05) is 40.2 Å². The molecular formula is C29H23FN4O3. The van der Waals surface area contributed by atoms with E-state index >= 15 is 0 Å². The summed E-state index contributed by atoms with van der Waals surface area (Å²) in [6.45, 7) is 3.33. The topological polar surface area (TPSA) is 117 Å². The first kappa shape index (κ1) is 23.7. The van der Waals surface area contributed by atoms with Crippen LogP contribution in [0.5, 0.6) is 0 Å². The zero-order chi connectivity index (χ0) is 26.3. The molecule has 37 heavy (non-hydrogen) atoms. The second-order valence-electron chi connectivity index (χ2n) is 8.78. The Balaban J connectivity index is 1.65. The highest BCUT2D eigenvalue weighted by atomic mass is 19.1. The zero-order valence-electron chi connectivity index (χ0n) is 20.1. The molecule has 0 aliphatic heterocycles. The fourth-order valence-corrected chi connectivity index (χ4v) is 4.58. The van der Waals surface area contributed by atoms with Crippen LogP contribution in [0.25, 0.3) is 32.9 Å². The summed E-state index contributed by atoms with van der Waals surface area (Å²) in [6.07, 6.45) is 0. The maximum Gasteiger partial charge on any atom is 0.255 e. The van der Waals surface area contributed by atoms with Gasteiger partial charge in [0.2, 0.25) is 5.91 Å². The highest BCUT2D eigenvalue weighted by Crippen LogP contribution is 2.39. The molecule has 0 bridgehead atoms. The van der Waals surface area contributed by atoms with Crippen LogP contribution in [0.15, 0.2) is 72.8 Å². The highest BCUT2D eigenvalue weighted by molar-refractivity contribution is 6.20. The summed E-state index contributed by atoms with van der Waals surface area (Å²) in [7, 11) is 0. The molecule has 0 spiro atoms. The third-order valence-electron chi connectivity index (χ3n) is 6.32. The van der Waals surface area contributed by atoms with Gasteiger partial charge in [0.25, 0.3) is 11.8 Å². The lowest BCUT2D eigenvalue weighted by atomic mass is 9.93. The molecular weight excluding hydrogens is 471 g/mol. The predicted molar refractivity (Wildman–Crippen MR) is 143 cm³/mol. The number of aromatic nitrogens is 1. The number of H-pyrrole nitrogens is 1. The van der Waals surface area contributed by atoms with E-state index in [1.807, 2.05) is 31.2 Å². The minimum atomic E-state index is -0.567. The van der Waals surface area contributed by atoms with Crippen LogP contribution in [-0.2, 0) is 4.79 Å². The summed E-state index contributed by atoms with van der Waals surface area (Å²) < 4.78 is 13.3. The van der Waals surface area contributed by atoms with Crippen molar-refractivity contribution in [2.75, 3.05) is 10.6 Å². The van der Waals surface area contributed by atoms with Gasteiger partial charge in [0.15, 0.2) is 0 Å². The Bertz CT molecular complexity index is 1720. The number of rotatable bonds is 5. The standard InChI is InChI=1S/C29H23FN4O3/c1-15-20(4-3-5-24(15)34-29(37)17-6-8-18(30)9-7-17)21-12-13-23(28(31)36)27-26(21)22-11-10-19(32-16(2)35)14-25(22)33-27/h3-14,33H,1-2H3,(H2,31,36)(H,32,35)(H,34,37). The van der Waals surface area contributed by atoms with Crippen molar-refractivity contribution >= 4 is 50.9 Å². The van der Waals surface area contributed by atoms with Crippen molar-refractivity contribution in [3.05, 3.63) is 95.3 Å². The molecule has 0 fully saturated rings. The lowest BCUT2D eigenvalue weighted by Crippen LogP contribution is -2.13. The number of aromatic amines is 1. The number of primary amides is 1. The van der Waals surface area contributed by atoms with E-state index in [0.29, 0.717) is 28.0 Å². The molecule has 0 atom stereocenters. The van der Waals surface area contributed by atoms with Gasteiger partial charge in [-0.15, -0.1) is 0 Å². The molecule has 4 aromatic carbocycles. The molecule has 0 saturated heterocycles. The van der Waals surface area contributed by atoms with Gasteiger partial charge in [-0.05, 0) is 72.1 Å². The second-order valence-corrected chi connectivity index (χ2v) is 8.78. The van der Waals surface area contributed by atoms with E-state index in [2.05, 4.69) is 15.6 Å². The molecule has 8 heteroatoms. The Morgan fingerprint density at radius 3 is 2.35 bits per heavy atom. The first-order valence-electron chi connectivity index (χ1n) is 11.6. The van der Waals surface area contributed by atoms with Crippen molar-refractivity contribution in [3.63, 3.8) is 0 Å². The van der Waals surface area contributed by atoms with Crippen LogP contribution in [0.1, 0.15) is 33.2 Å². The quantitative estimate of drug-likeness (QED) is 0.249. The van der Waals surface area contributed by atoms with E-state index in [4.69, 9.17) is 5.73 Å². The number of amides is 3. The molecule has 0 unspecified atom stereocenters. The van der Waals surface area contributed by atoms with Gasteiger partial charge in [-0.1, -0.05) is 24.3 Å². The van der Waals surface area contributed by atoms with E-state index in [9.17, 15) is 18.8 Å². The van der Waals surface area contributed by atoms with Crippen LogP contribution in [0, 0.1) is 12.7 Å². The summed E-state index contributed by atoms with van der Waals surface area (Å²) in [5, 5.41) is 7.32. The third kappa shape index (κ3) is 4.40. The number of hydrogen-bond acceptors (Lipinski definition) is 3. The summed E-state index contributed by atoms with van der Waals surface area (Å²) in [5.74, 6) is -1.53. The molecule has 0 radical (unpaired) electrons. The van der Waals surface area contributed by atoms with Crippen LogP contribution in [0.3, 0.4) is 0 Å². The number of halogens is 1. The van der Waals surface area contributed by atoms with Crippen molar-refractivity contribution in [1.29, 1.82) is 0 Å². The number of carbonyl (C=O) groups is 3. The van der Waals surface area contributed by atoms with Crippen LogP contribution in [0.4, 0.5) is 15.8 Å². The summed E-state index contributed by atoms with van der Waals surface area (Å²) in [5.41, 5.74) is 11.4. The van der Waals surface area contributed by atoms with Gasteiger partial charge in [0.1, 0.15) is 5.82 Å². The lowest BCUT2D eigenvalue weighted by molar-refractivity contribution is -0.114. The predicted octanol–water partition coefficient (Wildman–Crippen LogP) is 5.75. The van der Waals surface area contributed by atoms with Gasteiger partial charge in [-0.3, -0.25) is 14.4 Å². The number of carbonyl (C=O) groups excluding carboxylic acids is 3. The Labute approximate surface area is 211 Å². The first-order chi connectivity index (χ1) is 17.7. The molecule has 7 nitrogen and oxygen atoms in total. The molecule has 0 aliphatic rings. The highest BCUT2D eigenvalue weighted by Gasteiger charge is 2.19. The number of hydrogen-bond donors (Lipinski definition) is 4. The molecule has 0 saturated carbocycles. The number of nitrogens with one attached hydrogen (secondary N) is 3. The molecule has 184 valence electrons. The van der Waals surface area contributed by atoms with E-state index in [-0.39, 0.29) is 11.8 Å². The molecule has 5 N–H and O–H groups in total. The minimum absolute atomic E-state index is 0.191. The summed E-state index contributed by atoms with van der Waals surface area (Å²) in [4.78, 5) is 39.8. The maximum absolute atomic E-state index is 13.3. The molecule has 5 aromatic rings. The van der Waals surface area contributed by atoms with Gasteiger partial charge in [0.05, 0.1) is 11.1 Å². The van der Waals surface area contributed by atoms with Crippen LogP contribution in [0.2, 0.25) is 0 Å². The van der Waals surface area contributed by atoms with Gasteiger partial charge in [-0.25, -0.2) is 4.39 Å². The largest absolute Gasteiger partial charge is 0.366 e. The van der Waals surface area contributed by atoms with Crippen LogP contribution in [-0.4, -0.2) is 22.7 Å². The Kier molecular flexibility index (Phi) is 5.93.